The molecule has 1 aromatic heterocycles. The first-order valence-electron chi connectivity index (χ1n) is 8.68. The largest absolute Gasteiger partial charge is 0.340 e. The zero-order valence-corrected chi connectivity index (χ0v) is 15.1. The van der Waals surface area contributed by atoms with Crippen molar-refractivity contribution in [3.05, 3.63) is 53.7 Å². The molecule has 0 atom stereocenters. The maximum atomic E-state index is 12.7. The molecule has 1 N–H and O–H groups in total. The number of carbonyl (C=O) groups excluding carboxylic acids is 2. The first-order chi connectivity index (χ1) is 12.0. The third-order valence-corrected chi connectivity index (χ3v) is 3.82. The predicted octanol–water partition coefficient (Wildman–Crippen LogP) is 4.29. The van der Waals surface area contributed by atoms with Gasteiger partial charge < -0.3 is 10.2 Å². The summed E-state index contributed by atoms with van der Waals surface area (Å²) < 4.78 is 0. The Morgan fingerprint density at radius 2 is 1.76 bits per heavy atom. The van der Waals surface area contributed by atoms with Crippen molar-refractivity contribution in [2.75, 3.05) is 18.4 Å². The van der Waals surface area contributed by atoms with E-state index in [-0.39, 0.29) is 11.7 Å². The van der Waals surface area contributed by atoms with Gasteiger partial charge in [0.15, 0.2) is 5.78 Å². The highest BCUT2D eigenvalue weighted by Gasteiger charge is 2.15. The number of aromatic nitrogens is 1. The monoisotopic (exact) mass is 339 g/mol. The van der Waals surface area contributed by atoms with Crippen LogP contribution in [-0.2, 0) is 0 Å². The van der Waals surface area contributed by atoms with Gasteiger partial charge >= 0.3 is 0 Å². The number of hydrogen-bond donors (Lipinski definition) is 1. The molecule has 25 heavy (non-hydrogen) atoms. The van der Waals surface area contributed by atoms with E-state index in [4.69, 9.17) is 0 Å². The first-order valence-corrected chi connectivity index (χ1v) is 8.68. The van der Waals surface area contributed by atoms with Crippen molar-refractivity contribution >= 4 is 23.2 Å². The van der Waals surface area contributed by atoms with Gasteiger partial charge in [0.25, 0.3) is 5.91 Å². The van der Waals surface area contributed by atoms with Crippen molar-refractivity contribution in [2.24, 2.45) is 0 Å². The van der Waals surface area contributed by atoms with Crippen molar-refractivity contribution in [3.8, 4) is 0 Å². The third kappa shape index (κ3) is 5.14. The Kier molecular flexibility index (Phi) is 6.69. The number of Topliss-reactive ketones (excluding diaryl/α,β-unsaturated/α-hetero) is 1. The topological polar surface area (TPSA) is 62.3 Å². The number of nitrogens with zero attached hydrogens (tertiary/aromatic N) is 2. The SMILES string of the molecule is CCCN(CCC)C(=O)c1ccnc(Nc2cccc(C(C)=O)c2)c1. The molecule has 0 unspecified atom stereocenters. The minimum atomic E-state index is 0.00955. The molecule has 0 bridgehead atoms. The molecule has 0 aliphatic heterocycles. The summed E-state index contributed by atoms with van der Waals surface area (Å²) in [4.78, 5) is 30.3. The van der Waals surface area contributed by atoms with Gasteiger partial charge in [-0.05, 0) is 44.0 Å². The van der Waals surface area contributed by atoms with Crippen LogP contribution in [0.2, 0.25) is 0 Å². The molecule has 5 nitrogen and oxygen atoms in total. The Hall–Kier alpha value is -2.69. The second kappa shape index (κ2) is 8.97. The van der Waals surface area contributed by atoms with E-state index in [1.54, 1.807) is 30.5 Å². The van der Waals surface area contributed by atoms with E-state index in [0.717, 1.165) is 31.6 Å². The van der Waals surface area contributed by atoms with Crippen LogP contribution in [-0.4, -0.2) is 34.7 Å². The van der Waals surface area contributed by atoms with E-state index < -0.39 is 0 Å². The lowest BCUT2D eigenvalue weighted by molar-refractivity contribution is 0.0755. The Labute approximate surface area is 149 Å². The van der Waals surface area contributed by atoms with Gasteiger partial charge in [0.1, 0.15) is 5.82 Å². The van der Waals surface area contributed by atoms with Gasteiger partial charge in [-0.15, -0.1) is 0 Å². The highest BCUT2D eigenvalue weighted by Crippen LogP contribution is 2.18. The minimum absolute atomic E-state index is 0.00955. The number of nitrogens with one attached hydrogen (secondary N) is 1. The lowest BCUT2D eigenvalue weighted by Gasteiger charge is -2.21. The fraction of sp³-hybridized carbons (Fsp3) is 0.350. The highest BCUT2D eigenvalue weighted by molar-refractivity contribution is 5.96. The number of pyridine rings is 1. The van der Waals surface area contributed by atoms with E-state index in [1.807, 2.05) is 17.0 Å². The van der Waals surface area contributed by atoms with E-state index in [1.165, 1.54) is 6.92 Å². The second-order valence-corrected chi connectivity index (χ2v) is 5.98. The molecule has 1 aromatic carbocycles. The van der Waals surface area contributed by atoms with Crippen molar-refractivity contribution in [1.29, 1.82) is 0 Å². The summed E-state index contributed by atoms with van der Waals surface area (Å²) in [5.74, 6) is 0.612. The van der Waals surface area contributed by atoms with E-state index in [0.29, 0.717) is 16.9 Å². The predicted molar refractivity (Wildman–Crippen MR) is 100 cm³/mol. The summed E-state index contributed by atoms with van der Waals surface area (Å²) in [7, 11) is 0. The average molecular weight is 339 g/mol. The third-order valence-electron chi connectivity index (χ3n) is 3.82. The summed E-state index contributed by atoms with van der Waals surface area (Å²) in [6, 6.07) is 10.7. The van der Waals surface area contributed by atoms with Gasteiger partial charge in [-0.1, -0.05) is 26.0 Å². The molecule has 0 aliphatic carbocycles. The van der Waals surface area contributed by atoms with E-state index >= 15 is 0 Å². The Morgan fingerprint density at radius 1 is 1.04 bits per heavy atom. The molecular formula is C20H25N3O2. The van der Waals surface area contributed by atoms with Crippen LogP contribution in [0.15, 0.2) is 42.6 Å². The van der Waals surface area contributed by atoms with E-state index in [9.17, 15) is 9.59 Å². The van der Waals surface area contributed by atoms with Crippen LogP contribution in [0.5, 0.6) is 0 Å². The van der Waals surface area contributed by atoms with Gasteiger partial charge in [-0.3, -0.25) is 9.59 Å². The first kappa shape index (κ1) is 18.6. The van der Waals surface area contributed by atoms with Gasteiger partial charge in [0.05, 0.1) is 0 Å². The summed E-state index contributed by atoms with van der Waals surface area (Å²) in [5.41, 5.74) is 2.01. The van der Waals surface area contributed by atoms with Crippen LogP contribution in [0.3, 0.4) is 0 Å². The molecule has 0 saturated carbocycles. The van der Waals surface area contributed by atoms with Gasteiger partial charge in [-0.25, -0.2) is 4.98 Å². The molecule has 0 saturated heterocycles. The zero-order valence-electron chi connectivity index (χ0n) is 15.1. The molecule has 5 heteroatoms. The molecule has 0 spiro atoms. The fourth-order valence-electron chi connectivity index (χ4n) is 2.63. The smallest absolute Gasteiger partial charge is 0.254 e. The summed E-state index contributed by atoms with van der Waals surface area (Å²) >= 11 is 0. The summed E-state index contributed by atoms with van der Waals surface area (Å²) in [5, 5.41) is 3.16. The minimum Gasteiger partial charge on any atom is -0.340 e. The summed E-state index contributed by atoms with van der Waals surface area (Å²) in [6.45, 7) is 7.17. The van der Waals surface area contributed by atoms with Crippen LogP contribution in [0.4, 0.5) is 11.5 Å². The quantitative estimate of drug-likeness (QED) is 0.729. The highest BCUT2D eigenvalue weighted by atomic mass is 16.2. The van der Waals surface area contributed by atoms with Crippen molar-refractivity contribution in [2.45, 2.75) is 33.6 Å². The Bertz CT molecular complexity index is 737. The van der Waals surface area contributed by atoms with Crippen LogP contribution < -0.4 is 5.32 Å². The lowest BCUT2D eigenvalue weighted by atomic mass is 10.1. The average Bonchev–Trinajstić information content (AvgIpc) is 2.61. The number of rotatable bonds is 8. The number of carbonyl (C=O) groups is 2. The standard InChI is InChI=1S/C20H25N3O2/c1-4-11-23(12-5-2)20(25)17-9-10-21-19(14-17)22-18-8-6-7-16(13-18)15(3)24/h6-10,13-14H,4-5,11-12H2,1-3H3,(H,21,22). The van der Waals surface area contributed by atoms with Crippen molar-refractivity contribution < 1.29 is 9.59 Å². The maximum absolute atomic E-state index is 12.7. The molecule has 0 aliphatic rings. The fourth-order valence-corrected chi connectivity index (χ4v) is 2.63. The lowest BCUT2D eigenvalue weighted by Crippen LogP contribution is -2.32. The van der Waals surface area contributed by atoms with Crippen LogP contribution in [0, 0.1) is 0 Å². The van der Waals surface area contributed by atoms with E-state index in [2.05, 4.69) is 24.1 Å². The number of benzene rings is 1. The Morgan fingerprint density at radius 3 is 2.40 bits per heavy atom. The normalized spacial score (nSPS) is 10.4. The summed E-state index contributed by atoms with van der Waals surface area (Å²) in [6.07, 6.45) is 3.49. The van der Waals surface area contributed by atoms with Crippen molar-refractivity contribution in [3.63, 3.8) is 0 Å². The van der Waals surface area contributed by atoms with Gasteiger partial charge in [0.2, 0.25) is 0 Å². The van der Waals surface area contributed by atoms with Gasteiger partial charge in [-0.2, -0.15) is 0 Å². The molecule has 0 fully saturated rings. The second-order valence-electron chi connectivity index (χ2n) is 5.98. The van der Waals surface area contributed by atoms with Crippen LogP contribution >= 0.6 is 0 Å². The Balaban J connectivity index is 2.19. The molecule has 1 heterocycles. The number of ketones is 1. The molecule has 2 aromatic rings. The molecule has 2 rings (SSSR count). The number of anilines is 2. The van der Waals surface area contributed by atoms with Crippen molar-refractivity contribution in [1.82, 2.24) is 9.88 Å². The van der Waals surface area contributed by atoms with Crippen LogP contribution in [0.25, 0.3) is 0 Å². The molecular weight excluding hydrogens is 314 g/mol. The van der Waals surface area contributed by atoms with Crippen LogP contribution in [0.1, 0.15) is 54.3 Å². The molecule has 0 radical (unpaired) electrons. The van der Waals surface area contributed by atoms with Gasteiger partial charge in [0, 0.05) is 36.1 Å². The zero-order chi connectivity index (χ0) is 18.2. The number of hydrogen-bond acceptors (Lipinski definition) is 4. The number of amides is 1. The molecule has 132 valence electrons. The molecule has 1 amide bonds. The maximum Gasteiger partial charge on any atom is 0.254 e.